The van der Waals surface area contributed by atoms with Crippen LogP contribution in [0, 0.1) is 17.8 Å². The monoisotopic (exact) mass is 377 g/mol. The van der Waals surface area contributed by atoms with Gasteiger partial charge in [0.1, 0.15) is 0 Å². The number of likely N-dealkylation sites (tertiary alicyclic amines) is 1. The number of nitrogens with one attached hydrogen (secondary N) is 1. The molecule has 2 heterocycles. The third kappa shape index (κ3) is 3.11. The zero-order valence-electron chi connectivity index (χ0n) is 17.0. The van der Waals surface area contributed by atoms with Gasteiger partial charge in [-0.05, 0) is 54.1 Å². The number of benzene rings is 1. The summed E-state index contributed by atoms with van der Waals surface area (Å²) in [5.41, 5.74) is 3.18. The highest BCUT2D eigenvalue weighted by Gasteiger charge is 2.52. The molecule has 2 aromatic rings. The molecule has 28 heavy (non-hydrogen) atoms. The van der Waals surface area contributed by atoms with E-state index in [0.29, 0.717) is 12.0 Å². The number of piperidine rings is 1. The first-order valence-electron chi connectivity index (χ1n) is 10.8. The van der Waals surface area contributed by atoms with Crippen molar-refractivity contribution in [2.24, 2.45) is 22.7 Å². The smallest absolute Gasteiger partial charge is 0.193 e. The summed E-state index contributed by atoms with van der Waals surface area (Å²) < 4.78 is 2.26. The first-order valence-corrected chi connectivity index (χ1v) is 10.8. The van der Waals surface area contributed by atoms with Gasteiger partial charge in [0.2, 0.25) is 0 Å². The highest BCUT2D eigenvalue weighted by Crippen LogP contribution is 2.59. The summed E-state index contributed by atoms with van der Waals surface area (Å²) in [5.74, 6) is 4.10. The minimum atomic E-state index is 0.463. The first-order chi connectivity index (χ1) is 13.8. The van der Waals surface area contributed by atoms with Crippen molar-refractivity contribution in [2.45, 2.75) is 38.1 Å². The Kier molecular flexibility index (Phi) is 4.61. The number of hydrogen-bond donors (Lipinski definition) is 1. The normalized spacial score (nSPS) is 31.9. The van der Waals surface area contributed by atoms with Crippen LogP contribution in [0.3, 0.4) is 0 Å². The molecular formula is C23H31N5. The average Bonchev–Trinajstić information content (AvgIpc) is 3.17. The molecule has 5 heteroatoms. The third-order valence-electron chi connectivity index (χ3n) is 7.33. The van der Waals surface area contributed by atoms with Crippen LogP contribution < -0.4 is 5.32 Å². The van der Waals surface area contributed by atoms with Crippen LogP contribution >= 0.6 is 0 Å². The second-order valence-electron chi connectivity index (χ2n) is 8.81. The van der Waals surface area contributed by atoms with Crippen molar-refractivity contribution in [1.82, 2.24) is 19.8 Å². The quantitative estimate of drug-likeness (QED) is 0.659. The number of fused-ring (bicyclic) bond motifs is 3. The molecule has 1 aromatic carbocycles. The number of aryl methyl sites for hydroxylation is 1. The van der Waals surface area contributed by atoms with Crippen molar-refractivity contribution < 1.29 is 0 Å². The van der Waals surface area contributed by atoms with Gasteiger partial charge in [-0.25, -0.2) is 4.98 Å². The minimum absolute atomic E-state index is 0.463. The van der Waals surface area contributed by atoms with Crippen LogP contribution in [-0.4, -0.2) is 47.1 Å². The van der Waals surface area contributed by atoms with E-state index in [1.807, 2.05) is 19.6 Å². The molecule has 5 atom stereocenters. The molecule has 2 fully saturated rings. The third-order valence-corrected chi connectivity index (χ3v) is 7.33. The second kappa shape index (κ2) is 7.26. The minimum Gasteiger partial charge on any atom is -0.356 e. The first kappa shape index (κ1) is 17.8. The average molecular weight is 378 g/mol. The van der Waals surface area contributed by atoms with Crippen molar-refractivity contribution in [2.75, 3.05) is 26.7 Å². The predicted octanol–water partition coefficient (Wildman–Crippen LogP) is 3.32. The lowest BCUT2D eigenvalue weighted by molar-refractivity contribution is 0.189. The van der Waals surface area contributed by atoms with E-state index < -0.39 is 0 Å². The lowest BCUT2D eigenvalue weighted by atomic mass is 9.92. The molecule has 5 rings (SSSR count). The fourth-order valence-corrected chi connectivity index (χ4v) is 5.62. The van der Waals surface area contributed by atoms with Gasteiger partial charge in [-0.1, -0.05) is 31.2 Å². The van der Waals surface area contributed by atoms with E-state index in [2.05, 4.69) is 62.1 Å². The van der Waals surface area contributed by atoms with Gasteiger partial charge in [0.25, 0.3) is 0 Å². The summed E-state index contributed by atoms with van der Waals surface area (Å²) in [4.78, 5) is 11.3. The van der Waals surface area contributed by atoms with E-state index in [-0.39, 0.29) is 0 Å². The summed E-state index contributed by atoms with van der Waals surface area (Å²) in [7, 11) is 1.92. The highest BCUT2D eigenvalue weighted by molar-refractivity contribution is 5.80. The summed E-state index contributed by atoms with van der Waals surface area (Å²) in [6.07, 6.45) is 9.70. The van der Waals surface area contributed by atoms with E-state index in [1.165, 1.54) is 19.3 Å². The topological polar surface area (TPSA) is 45.5 Å². The van der Waals surface area contributed by atoms with Crippen LogP contribution in [0.2, 0.25) is 0 Å². The summed E-state index contributed by atoms with van der Waals surface area (Å²) in [6, 6.07) is 9.52. The number of hydrogen-bond acceptors (Lipinski definition) is 2. The Labute approximate surface area is 167 Å². The SMILES string of the molecule is CN=C(NCC1C2CCc3ccccc3C21)N1CCC(C)C(n2ccnc2)C1. The summed E-state index contributed by atoms with van der Waals surface area (Å²) >= 11 is 0. The number of rotatable bonds is 3. The molecular weight excluding hydrogens is 346 g/mol. The van der Waals surface area contributed by atoms with E-state index in [1.54, 1.807) is 11.1 Å². The molecule has 5 unspecified atom stereocenters. The van der Waals surface area contributed by atoms with Crippen LogP contribution in [0.4, 0.5) is 0 Å². The Balaban J connectivity index is 1.22. The maximum Gasteiger partial charge on any atom is 0.193 e. The van der Waals surface area contributed by atoms with Crippen molar-refractivity contribution >= 4 is 5.96 Å². The molecule has 1 N–H and O–H groups in total. The number of imidazole rings is 1. The second-order valence-corrected chi connectivity index (χ2v) is 8.81. The van der Waals surface area contributed by atoms with Gasteiger partial charge in [0.05, 0.1) is 12.4 Å². The zero-order chi connectivity index (χ0) is 19.1. The molecule has 1 saturated heterocycles. The maximum absolute atomic E-state index is 4.62. The van der Waals surface area contributed by atoms with Crippen LogP contribution in [-0.2, 0) is 6.42 Å². The molecule has 5 nitrogen and oxygen atoms in total. The molecule has 3 aliphatic rings. The Morgan fingerprint density at radius 3 is 3.00 bits per heavy atom. The molecule has 0 bridgehead atoms. The molecule has 1 aromatic heterocycles. The van der Waals surface area contributed by atoms with Gasteiger partial charge < -0.3 is 14.8 Å². The van der Waals surface area contributed by atoms with E-state index in [4.69, 9.17) is 0 Å². The van der Waals surface area contributed by atoms with Crippen molar-refractivity contribution in [3.63, 3.8) is 0 Å². The molecule has 148 valence electrons. The van der Waals surface area contributed by atoms with E-state index in [0.717, 1.165) is 43.3 Å². The lowest BCUT2D eigenvalue weighted by Gasteiger charge is -2.39. The van der Waals surface area contributed by atoms with Gasteiger partial charge in [0.15, 0.2) is 5.96 Å². The van der Waals surface area contributed by atoms with Crippen LogP contribution in [0.15, 0.2) is 48.0 Å². The van der Waals surface area contributed by atoms with Crippen molar-refractivity contribution in [3.8, 4) is 0 Å². The number of nitrogens with zero attached hydrogens (tertiary/aromatic N) is 4. The number of guanidine groups is 1. The highest BCUT2D eigenvalue weighted by atomic mass is 15.3. The van der Waals surface area contributed by atoms with Gasteiger partial charge in [-0.15, -0.1) is 0 Å². The standard InChI is InChI=1S/C23H31N5/c1-16-9-11-27(14-21(16)28-12-10-25-15-28)23(24-2)26-13-20-19-8-7-17-5-3-4-6-18(17)22(19)20/h3-6,10,12,15-16,19-22H,7-9,11,13-14H2,1-2H3,(H,24,26). The molecule has 1 aliphatic heterocycles. The van der Waals surface area contributed by atoms with Crippen molar-refractivity contribution in [1.29, 1.82) is 0 Å². The zero-order valence-corrected chi connectivity index (χ0v) is 17.0. The lowest BCUT2D eigenvalue weighted by Crippen LogP contribution is -2.49. The maximum atomic E-state index is 4.62. The number of aliphatic imine (C=N–C) groups is 1. The molecule has 1 saturated carbocycles. The molecule has 0 radical (unpaired) electrons. The van der Waals surface area contributed by atoms with Gasteiger partial charge in [0, 0.05) is 39.1 Å². The molecule has 0 amide bonds. The number of aromatic nitrogens is 2. The Morgan fingerprint density at radius 1 is 1.29 bits per heavy atom. The van der Waals surface area contributed by atoms with E-state index in [9.17, 15) is 0 Å². The summed E-state index contributed by atoms with van der Waals surface area (Å²) in [6.45, 7) is 5.46. The molecule has 0 spiro atoms. The van der Waals surface area contributed by atoms with Crippen LogP contribution in [0.1, 0.15) is 42.9 Å². The van der Waals surface area contributed by atoms with Crippen LogP contribution in [0.25, 0.3) is 0 Å². The van der Waals surface area contributed by atoms with Gasteiger partial charge >= 0.3 is 0 Å². The predicted molar refractivity (Wildman–Crippen MR) is 112 cm³/mol. The van der Waals surface area contributed by atoms with Gasteiger partial charge in [-0.3, -0.25) is 4.99 Å². The molecule has 2 aliphatic carbocycles. The van der Waals surface area contributed by atoms with Gasteiger partial charge in [-0.2, -0.15) is 0 Å². The van der Waals surface area contributed by atoms with Crippen molar-refractivity contribution in [3.05, 3.63) is 54.1 Å². The van der Waals surface area contributed by atoms with E-state index >= 15 is 0 Å². The Morgan fingerprint density at radius 2 is 2.18 bits per heavy atom. The van der Waals surface area contributed by atoms with Crippen LogP contribution in [0.5, 0.6) is 0 Å². The fraction of sp³-hybridized carbons (Fsp3) is 0.565. The largest absolute Gasteiger partial charge is 0.356 e. The Bertz CT molecular complexity index is 842. The summed E-state index contributed by atoms with van der Waals surface area (Å²) in [5, 5.41) is 3.72. The fourth-order valence-electron chi connectivity index (χ4n) is 5.62. The Hall–Kier alpha value is -2.30.